The van der Waals surface area contributed by atoms with E-state index in [2.05, 4.69) is 0 Å². The first-order valence-electron chi connectivity index (χ1n) is 5.45. The summed E-state index contributed by atoms with van der Waals surface area (Å²) in [6.45, 7) is 0.204. The zero-order valence-corrected chi connectivity index (χ0v) is 9.31. The van der Waals surface area contributed by atoms with Crippen molar-refractivity contribution >= 4 is 0 Å². The van der Waals surface area contributed by atoms with Crippen LogP contribution in [0.25, 0.3) is 11.1 Å². The molecule has 3 N–H and O–H groups in total. The molecule has 1 atom stereocenters. The molecule has 0 heterocycles. The van der Waals surface area contributed by atoms with E-state index >= 15 is 0 Å². The lowest BCUT2D eigenvalue weighted by Gasteiger charge is -2.09. The van der Waals surface area contributed by atoms with Gasteiger partial charge in [-0.05, 0) is 28.8 Å². The van der Waals surface area contributed by atoms with E-state index in [9.17, 15) is 9.50 Å². The number of hydrogen-bond donors (Lipinski definition) is 2. The maximum Gasteiger partial charge on any atom is 0.123 e. The Labute approximate surface area is 99.5 Å². The van der Waals surface area contributed by atoms with Crippen LogP contribution in [-0.2, 0) is 0 Å². The molecule has 2 aromatic carbocycles. The molecule has 2 aromatic rings. The standard InChI is InChI=1S/C14H14FNO/c15-13-7-5-11(6-8-13)10-1-3-12(4-2-10)14(17)9-16/h1-8,14,17H,9,16H2. The van der Waals surface area contributed by atoms with Crippen molar-refractivity contribution in [1.82, 2.24) is 0 Å². The Morgan fingerprint density at radius 3 is 1.88 bits per heavy atom. The molecule has 88 valence electrons. The number of benzene rings is 2. The highest BCUT2D eigenvalue weighted by Crippen LogP contribution is 2.22. The maximum atomic E-state index is 12.8. The Morgan fingerprint density at radius 1 is 0.941 bits per heavy atom. The van der Waals surface area contributed by atoms with Gasteiger partial charge in [0.2, 0.25) is 0 Å². The fraction of sp³-hybridized carbons (Fsp3) is 0.143. The molecule has 0 amide bonds. The van der Waals surface area contributed by atoms with E-state index in [1.807, 2.05) is 24.3 Å². The minimum Gasteiger partial charge on any atom is -0.387 e. The summed E-state index contributed by atoms with van der Waals surface area (Å²) in [6.07, 6.45) is -0.628. The summed E-state index contributed by atoms with van der Waals surface area (Å²) in [5.74, 6) is -0.246. The number of rotatable bonds is 3. The van der Waals surface area contributed by atoms with Gasteiger partial charge in [0.05, 0.1) is 6.10 Å². The van der Waals surface area contributed by atoms with Crippen molar-refractivity contribution in [1.29, 1.82) is 0 Å². The van der Waals surface area contributed by atoms with Crippen LogP contribution in [0.2, 0.25) is 0 Å². The SMILES string of the molecule is NCC(O)c1ccc(-c2ccc(F)cc2)cc1. The molecular formula is C14H14FNO. The topological polar surface area (TPSA) is 46.2 Å². The van der Waals surface area contributed by atoms with Gasteiger partial charge < -0.3 is 10.8 Å². The quantitative estimate of drug-likeness (QED) is 0.852. The van der Waals surface area contributed by atoms with Crippen molar-refractivity contribution in [2.45, 2.75) is 6.10 Å². The number of nitrogens with two attached hydrogens (primary N) is 1. The molecule has 0 aliphatic rings. The highest BCUT2D eigenvalue weighted by atomic mass is 19.1. The lowest BCUT2D eigenvalue weighted by molar-refractivity contribution is 0.187. The molecule has 0 spiro atoms. The fourth-order valence-electron chi connectivity index (χ4n) is 1.68. The summed E-state index contributed by atoms with van der Waals surface area (Å²) in [4.78, 5) is 0. The fourth-order valence-corrected chi connectivity index (χ4v) is 1.68. The van der Waals surface area contributed by atoms with E-state index in [0.29, 0.717) is 0 Å². The number of halogens is 1. The zero-order valence-electron chi connectivity index (χ0n) is 9.31. The first kappa shape index (κ1) is 11.8. The molecule has 0 aromatic heterocycles. The van der Waals surface area contributed by atoms with Gasteiger partial charge in [0.15, 0.2) is 0 Å². The molecule has 0 saturated carbocycles. The third kappa shape index (κ3) is 2.70. The van der Waals surface area contributed by atoms with Gasteiger partial charge >= 0.3 is 0 Å². The summed E-state index contributed by atoms with van der Waals surface area (Å²) in [7, 11) is 0. The van der Waals surface area contributed by atoms with Crippen LogP contribution >= 0.6 is 0 Å². The number of aliphatic hydroxyl groups is 1. The van der Waals surface area contributed by atoms with E-state index in [1.54, 1.807) is 12.1 Å². The lowest BCUT2D eigenvalue weighted by Crippen LogP contribution is -2.11. The minimum absolute atomic E-state index is 0.204. The predicted molar refractivity (Wildman–Crippen MR) is 65.9 cm³/mol. The third-order valence-corrected chi connectivity index (χ3v) is 2.70. The van der Waals surface area contributed by atoms with Crippen molar-refractivity contribution in [3.63, 3.8) is 0 Å². The van der Waals surface area contributed by atoms with Crippen LogP contribution in [0.15, 0.2) is 48.5 Å². The molecule has 3 heteroatoms. The van der Waals surface area contributed by atoms with Crippen molar-refractivity contribution in [2.75, 3.05) is 6.54 Å². The molecule has 0 fully saturated rings. The third-order valence-electron chi connectivity index (χ3n) is 2.70. The first-order valence-corrected chi connectivity index (χ1v) is 5.45. The molecule has 0 aliphatic carbocycles. The largest absolute Gasteiger partial charge is 0.387 e. The van der Waals surface area contributed by atoms with Gasteiger partial charge in [-0.15, -0.1) is 0 Å². The normalized spacial score (nSPS) is 12.4. The highest BCUT2D eigenvalue weighted by Gasteiger charge is 2.05. The van der Waals surface area contributed by atoms with Crippen molar-refractivity contribution in [3.05, 3.63) is 59.9 Å². The molecule has 2 nitrogen and oxygen atoms in total. The molecule has 0 aliphatic heterocycles. The molecular weight excluding hydrogens is 217 g/mol. The average molecular weight is 231 g/mol. The summed E-state index contributed by atoms with van der Waals surface area (Å²) in [6, 6.07) is 13.7. The second kappa shape index (κ2) is 5.08. The smallest absolute Gasteiger partial charge is 0.123 e. The molecule has 0 radical (unpaired) electrons. The molecule has 0 bridgehead atoms. The monoisotopic (exact) mass is 231 g/mol. The van der Waals surface area contributed by atoms with E-state index in [0.717, 1.165) is 16.7 Å². The molecule has 17 heavy (non-hydrogen) atoms. The Morgan fingerprint density at radius 2 is 1.41 bits per heavy atom. The van der Waals surface area contributed by atoms with Gasteiger partial charge in [-0.25, -0.2) is 4.39 Å². The molecule has 0 saturated heterocycles. The Balaban J connectivity index is 2.26. The van der Waals surface area contributed by atoms with Crippen LogP contribution in [0.3, 0.4) is 0 Å². The van der Waals surface area contributed by atoms with Crippen LogP contribution in [0.1, 0.15) is 11.7 Å². The van der Waals surface area contributed by atoms with Crippen molar-refractivity contribution in [3.8, 4) is 11.1 Å². The van der Waals surface area contributed by atoms with E-state index in [1.165, 1.54) is 12.1 Å². The second-order valence-corrected chi connectivity index (χ2v) is 3.88. The van der Waals surface area contributed by atoms with E-state index < -0.39 is 6.10 Å². The van der Waals surface area contributed by atoms with Gasteiger partial charge in [0, 0.05) is 6.54 Å². The number of hydrogen-bond acceptors (Lipinski definition) is 2. The van der Waals surface area contributed by atoms with Gasteiger partial charge in [-0.1, -0.05) is 36.4 Å². The highest BCUT2D eigenvalue weighted by molar-refractivity contribution is 5.63. The van der Waals surface area contributed by atoms with Crippen LogP contribution in [0.5, 0.6) is 0 Å². The molecule has 1 unspecified atom stereocenters. The van der Waals surface area contributed by atoms with Crippen LogP contribution in [0.4, 0.5) is 4.39 Å². The zero-order chi connectivity index (χ0) is 12.3. The van der Waals surface area contributed by atoms with Crippen LogP contribution in [-0.4, -0.2) is 11.7 Å². The Hall–Kier alpha value is -1.71. The van der Waals surface area contributed by atoms with E-state index in [4.69, 9.17) is 5.73 Å². The number of aliphatic hydroxyl groups excluding tert-OH is 1. The molecule has 2 rings (SSSR count). The summed E-state index contributed by atoms with van der Waals surface area (Å²) in [5.41, 5.74) is 8.10. The Bertz CT molecular complexity index is 479. The first-order chi connectivity index (χ1) is 8.20. The van der Waals surface area contributed by atoms with Gasteiger partial charge in [0.1, 0.15) is 5.82 Å². The summed E-state index contributed by atoms with van der Waals surface area (Å²) >= 11 is 0. The van der Waals surface area contributed by atoms with Gasteiger partial charge in [-0.3, -0.25) is 0 Å². The summed E-state index contributed by atoms with van der Waals surface area (Å²) in [5, 5.41) is 9.55. The Kier molecular flexibility index (Phi) is 3.52. The predicted octanol–water partition coefficient (Wildman–Crippen LogP) is 2.48. The van der Waals surface area contributed by atoms with Crippen LogP contribution < -0.4 is 5.73 Å². The van der Waals surface area contributed by atoms with Crippen molar-refractivity contribution < 1.29 is 9.50 Å². The van der Waals surface area contributed by atoms with E-state index in [-0.39, 0.29) is 12.4 Å². The van der Waals surface area contributed by atoms with Crippen molar-refractivity contribution in [2.24, 2.45) is 5.73 Å². The minimum atomic E-state index is -0.628. The second-order valence-electron chi connectivity index (χ2n) is 3.88. The summed E-state index contributed by atoms with van der Waals surface area (Å²) < 4.78 is 12.8. The van der Waals surface area contributed by atoms with Crippen LogP contribution in [0, 0.1) is 5.82 Å². The maximum absolute atomic E-state index is 12.8. The average Bonchev–Trinajstić information content (AvgIpc) is 2.39. The van der Waals surface area contributed by atoms with Gasteiger partial charge in [0.25, 0.3) is 0 Å². The van der Waals surface area contributed by atoms with Gasteiger partial charge in [-0.2, -0.15) is 0 Å². The lowest BCUT2D eigenvalue weighted by atomic mass is 10.0.